The molecule has 0 aliphatic carbocycles. The lowest BCUT2D eigenvalue weighted by molar-refractivity contribution is -0.143. The molecule has 0 bridgehead atoms. The van der Waals surface area contributed by atoms with Gasteiger partial charge in [-0.25, -0.2) is 0 Å². The molecule has 0 aliphatic heterocycles. The average molecular weight is 443 g/mol. The van der Waals surface area contributed by atoms with Crippen molar-refractivity contribution >= 4 is 23.3 Å². The number of carbonyl (C=O) groups is 1. The highest BCUT2D eigenvalue weighted by Gasteiger charge is 2.39. The van der Waals surface area contributed by atoms with Gasteiger partial charge in [0.2, 0.25) is 0 Å². The highest BCUT2D eigenvalue weighted by molar-refractivity contribution is 6.30. The van der Waals surface area contributed by atoms with Gasteiger partial charge in [0, 0.05) is 31.2 Å². The lowest BCUT2D eigenvalue weighted by Crippen LogP contribution is -2.37. The largest absolute Gasteiger partial charge is 0.431 e. The van der Waals surface area contributed by atoms with Crippen LogP contribution >= 0.6 is 11.6 Å². The topological polar surface area (TPSA) is 61.1 Å². The van der Waals surface area contributed by atoms with Crippen LogP contribution in [0.2, 0.25) is 5.02 Å². The van der Waals surface area contributed by atoms with Gasteiger partial charge in [-0.1, -0.05) is 44.5 Å². The molecule has 0 fully saturated rings. The van der Waals surface area contributed by atoms with Crippen molar-refractivity contribution in [2.75, 3.05) is 20.6 Å². The molecule has 1 aromatic heterocycles. The summed E-state index contributed by atoms with van der Waals surface area (Å²) in [6, 6.07) is 7.23. The minimum Gasteiger partial charge on any atom is -0.376 e. The number of amidine groups is 1. The summed E-state index contributed by atoms with van der Waals surface area (Å²) in [5, 5.41) is 10.8. The van der Waals surface area contributed by atoms with Gasteiger partial charge in [-0.15, -0.1) is 0 Å². The minimum absolute atomic E-state index is 0.114. The van der Waals surface area contributed by atoms with Gasteiger partial charge in [0.25, 0.3) is 5.91 Å². The lowest BCUT2D eigenvalue weighted by Gasteiger charge is -2.27. The normalized spacial score (nSPS) is 12.0. The summed E-state index contributed by atoms with van der Waals surface area (Å²) in [5.74, 6) is -0.694. The second-order valence-corrected chi connectivity index (χ2v) is 8.77. The Morgan fingerprint density at radius 1 is 1.20 bits per heavy atom. The molecule has 0 unspecified atom stereocenters. The fourth-order valence-electron chi connectivity index (χ4n) is 3.23. The maximum Gasteiger partial charge on any atom is 0.431 e. The van der Waals surface area contributed by atoms with Crippen molar-refractivity contribution in [2.24, 2.45) is 5.41 Å². The Bertz CT molecular complexity index is 927. The second kappa shape index (κ2) is 8.71. The van der Waals surface area contributed by atoms with Crippen LogP contribution in [-0.4, -0.2) is 41.8 Å². The van der Waals surface area contributed by atoms with Crippen LogP contribution in [-0.2, 0) is 12.7 Å². The third-order valence-corrected chi connectivity index (χ3v) is 4.67. The SMILES string of the molecule is CNC(=N)Cn1c(C(F)(F)F)cc(-c2ccc(Cl)cc2)c1C(=O)N(C)CC(C)(C)C. The summed E-state index contributed by atoms with van der Waals surface area (Å²) < 4.78 is 42.4. The summed E-state index contributed by atoms with van der Waals surface area (Å²) in [5.41, 5.74) is -0.760. The van der Waals surface area contributed by atoms with Crippen LogP contribution in [0.3, 0.4) is 0 Å². The van der Waals surface area contributed by atoms with Crippen LogP contribution in [0.1, 0.15) is 37.0 Å². The number of alkyl halides is 3. The average Bonchev–Trinajstić information content (AvgIpc) is 2.99. The molecule has 2 rings (SSSR count). The van der Waals surface area contributed by atoms with Crippen molar-refractivity contribution in [3.05, 3.63) is 46.7 Å². The third kappa shape index (κ3) is 5.56. The van der Waals surface area contributed by atoms with Crippen LogP contribution in [0, 0.1) is 10.8 Å². The van der Waals surface area contributed by atoms with E-state index in [0.29, 0.717) is 17.1 Å². The summed E-state index contributed by atoms with van der Waals surface area (Å²) in [6.07, 6.45) is -4.70. The molecule has 5 nitrogen and oxygen atoms in total. The molecule has 0 spiro atoms. The van der Waals surface area contributed by atoms with Crippen LogP contribution in [0.15, 0.2) is 30.3 Å². The van der Waals surface area contributed by atoms with Gasteiger partial charge in [0.15, 0.2) is 0 Å². The first kappa shape index (κ1) is 23.8. The molecule has 2 aromatic rings. The zero-order valence-electron chi connectivity index (χ0n) is 17.6. The predicted octanol–water partition coefficient (Wildman–Crippen LogP) is 5.14. The van der Waals surface area contributed by atoms with E-state index >= 15 is 0 Å². The van der Waals surface area contributed by atoms with Gasteiger partial charge in [-0.05, 0) is 29.2 Å². The van der Waals surface area contributed by atoms with Crippen LogP contribution in [0.5, 0.6) is 0 Å². The van der Waals surface area contributed by atoms with Gasteiger partial charge in [-0.2, -0.15) is 13.2 Å². The van der Waals surface area contributed by atoms with Crippen molar-refractivity contribution in [3.63, 3.8) is 0 Å². The third-order valence-electron chi connectivity index (χ3n) is 4.42. The Hall–Kier alpha value is -2.48. The van der Waals surface area contributed by atoms with Crippen molar-refractivity contribution < 1.29 is 18.0 Å². The van der Waals surface area contributed by atoms with Crippen molar-refractivity contribution in [2.45, 2.75) is 33.5 Å². The Morgan fingerprint density at radius 2 is 1.77 bits per heavy atom. The number of hydrogen-bond donors (Lipinski definition) is 2. The molecule has 30 heavy (non-hydrogen) atoms. The number of likely N-dealkylation sites (N-methyl/N-ethyl adjacent to an activating group) is 1. The predicted molar refractivity (Wildman–Crippen MR) is 113 cm³/mol. The quantitative estimate of drug-likeness (QED) is 0.497. The summed E-state index contributed by atoms with van der Waals surface area (Å²) >= 11 is 5.92. The molecular formula is C21H26ClF3N4O. The van der Waals surface area contributed by atoms with E-state index in [0.717, 1.165) is 10.6 Å². The van der Waals surface area contributed by atoms with E-state index in [4.69, 9.17) is 17.0 Å². The Labute approximate surface area is 179 Å². The van der Waals surface area contributed by atoms with Gasteiger partial charge in [-0.3, -0.25) is 10.2 Å². The number of halogens is 4. The number of hydrogen-bond acceptors (Lipinski definition) is 2. The van der Waals surface area contributed by atoms with Gasteiger partial charge < -0.3 is 14.8 Å². The van der Waals surface area contributed by atoms with Crippen molar-refractivity contribution in [1.82, 2.24) is 14.8 Å². The first-order chi connectivity index (χ1) is 13.7. The molecule has 0 radical (unpaired) electrons. The number of amides is 1. The molecule has 0 saturated carbocycles. The van der Waals surface area contributed by atoms with E-state index < -0.39 is 24.3 Å². The first-order valence-electron chi connectivity index (χ1n) is 9.32. The van der Waals surface area contributed by atoms with Crippen LogP contribution in [0.25, 0.3) is 11.1 Å². The number of aromatic nitrogens is 1. The zero-order valence-corrected chi connectivity index (χ0v) is 18.4. The van der Waals surface area contributed by atoms with Crippen LogP contribution < -0.4 is 5.32 Å². The minimum atomic E-state index is -4.70. The molecule has 0 aliphatic rings. The second-order valence-electron chi connectivity index (χ2n) is 8.33. The lowest BCUT2D eigenvalue weighted by atomic mass is 9.96. The highest BCUT2D eigenvalue weighted by Crippen LogP contribution is 2.38. The molecule has 0 atom stereocenters. The van der Waals surface area contributed by atoms with E-state index in [1.54, 1.807) is 31.3 Å². The Morgan fingerprint density at radius 3 is 2.23 bits per heavy atom. The smallest absolute Gasteiger partial charge is 0.376 e. The van der Waals surface area contributed by atoms with Crippen molar-refractivity contribution in [1.29, 1.82) is 5.41 Å². The molecule has 1 aromatic carbocycles. The standard InChI is InChI=1S/C21H26ClF3N4O/c1-20(2,3)12-28(5)19(30)18-15(13-6-8-14(22)9-7-13)10-16(21(23,24)25)29(18)11-17(26)27-4/h6-10H,11-12H2,1-5H3,(H2,26,27). The van der Waals surface area contributed by atoms with Gasteiger partial charge in [0.05, 0.1) is 6.54 Å². The molecule has 0 saturated heterocycles. The fraction of sp³-hybridized carbons (Fsp3) is 0.429. The van der Waals surface area contributed by atoms with Gasteiger partial charge in [0.1, 0.15) is 17.2 Å². The number of benzene rings is 1. The number of carbonyl (C=O) groups excluding carboxylic acids is 1. The Kier molecular flexibility index (Phi) is 6.91. The van der Waals surface area contributed by atoms with Crippen molar-refractivity contribution in [3.8, 4) is 11.1 Å². The fourth-order valence-corrected chi connectivity index (χ4v) is 3.36. The molecule has 164 valence electrons. The Balaban J connectivity index is 2.75. The highest BCUT2D eigenvalue weighted by atomic mass is 35.5. The van der Waals surface area contributed by atoms with E-state index in [-0.39, 0.29) is 22.5 Å². The summed E-state index contributed by atoms with van der Waals surface area (Å²) in [6.45, 7) is 5.75. The number of nitrogens with one attached hydrogen (secondary N) is 2. The van der Waals surface area contributed by atoms with Crippen LogP contribution in [0.4, 0.5) is 13.2 Å². The zero-order chi connectivity index (χ0) is 22.9. The maximum atomic E-state index is 13.9. The monoisotopic (exact) mass is 442 g/mol. The van der Waals surface area contributed by atoms with E-state index in [1.165, 1.54) is 11.9 Å². The van der Waals surface area contributed by atoms with E-state index in [2.05, 4.69) is 5.32 Å². The molecule has 2 N–H and O–H groups in total. The van der Waals surface area contributed by atoms with E-state index in [1.807, 2.05) is 20.8 Å². The summed E-state index contributed by atoms with van der Waals surface area (Å²) in [7, 11) is 3.01. The molecule has 1 amide bonds. The van der Waals surface area contributed by atoms with Gasteiger partial charge >= 0.3 is 6.18 Å². The maximum absolute atomic E-state index is 13.9. The first-order valence-corrected chi connectivity index (χ1v) is 9.69. The van der Waals surface area contributed by atoms with E-state index in [9.17, 15) is 18.0 Å². The number of nitrogens with zero attached hydrogens (tertiary/aromatic N) is 2. The molecular weight excluding hydrogens is 417 g/mol. The molecule has 9 heteroatoms. The summed E-state index contributed by atoms with van der Waals surface area (Å²) in [4.78, 5) is 14.7. The number of rotatable bonds is 5. The molecule has 1 heterocycles.